The molecule has 0 aliphatic rings. The predicted octanol–water partition coefficient (Wildman–Crippen LogP) is 7.19. The van der Waals surface area contributed by atoms with Gasteiger partial charge in [-0.3, -0.25) is 4.98 Å². The van der Waals surface area contributed by atoms with Crippen LogP contribution in [0.2, 0.25) is 0 Å². The molecule has 34 heavy (non-hydrogen) atoms. The van der Waals surface area contributed by atoms with Gasteiger partial charge in [0.1, 0.15) is 0 Å². The lowest BCUT2D eigenvalue weighted by Gasteiger charge is -2.26. The molecular formula is C29H33IN4. The molecule has 0 bridgehead atoms. The van der Waals surface area contributed by atoms with Crippen molar-refractivity contribution in [1.29, 1.82) is 0 Å². The number of halogens is 1. The Bertz CT molecular complexity index is 1110. The first-order valence-electron chi connectivity index (χ1n) is 12.0. The smallest absolute Gasteiger partial charge is 0.0733 e. The third-order valence-corrected chi connectivity index (χ3v) is 6.72. The fraction of sp³-hybridized carbons (Fsp3) is 0.276. The van der Waals surface area contributed by atoms with Crippen molar-refractivity contribution in [2.75, 3.05) is 43.4 Å². The van der Waals surface area contributed by atoms with E-state index in [-0.39, 0.29) is 0 Å². The highest BCUT2D eigenvalue weighted by molar-refractivity contribution is 14.1. The fourth-order valence-corrected chi connectivity index (χ4v) is 4.71. The first-order valence-corrected chi connectivity index (χ1v) is 13.1. The number of hydrogen-bond acceptors (Lipinski definition) is 4. The minimum absolute atomic E-state index is 0.981. The van der Waals surface area contributed by atoms with Crippen LogP contribution in [-0.4, -0.2) is 43.1 Å². The third kappa shape index (κ3) is 6.93. The Labute approximate surface area is 217 Å². The molecule has 0 unspecified atom stereocenters. The summed E-state index contributed by atoms with van der Waals surface area (Å²) in [5.41, 5.74) is 4.73. The van der Waals surface area contributed by atoms with Crippen molar-refractivity contribution in [3.05, 3.63) is 94.7 Å². The molecule has 1 aromatic heterocycles. The molecule has 4 nitrogen and oxygen atoms in total. The number of para-hydroxylation sites is 2. The Kier molecular flexibility index (Phi) is 9.16. The normalized spacial score (nSPS) is 11.1. The van der Waals surface area contributed by atoms with Crippen LogP contribution in [0.25, 0.3) is 10.9 Å². The molecule has 0 radical (unpaired) electrons. The van der Waals surface area contributed by atoms with E-state index in [1.807, 2.05) is 6.20 Å². The van der Waals surface area contributed by atoms with E-state index >= 15 is 0 Å². The van der Waals surface area contributed by atoms with Gasteiger partial charge in [0.25, 0.3) is 0 Å². The summed E-state index contributed by atoms with van der Waals surface area (Å²) < 4.78 is 1.22. The van der Waals surface area contributed by atoms with Gasteiger partial charge in [0.05, 0.1) is 5.52 Å². The van der Waals surface area contributed by atoms with Gasteiger partial charge in [-0.15, -0.1) is 0 Å². The number of anilines is 3. The number of nitrogens with one attached hydrogen (secondary N) is 1. The molecule has 0 amide bonds. The van der Waals surface area contributed by atoms with E-state index in [0.29, 0.717) is 0 Å². The maximum Gasteiger partial charge on any atom is 0.0733 e. The van der Waals surface area contributed by atoms with Crippen LogP contribution < -0.4 is 10.2 Å². The monoisotopic (exact) mass is 564 g/mol. The summed E-state index contributed by atoms with van der Waals surface area (Å²) in [6.45, 7) is 4.20. The summed E-state index contributed by atoms with van der Waals surface area (Å²) in [4.78, 5) is 9.37. The van der Waals surface area contributed by atoms with Gasteiger partial charge in [-0.05, 0) is 111 Å². The van der Waals surface area contributed by atoms with Crippen LogP contribution in [-0.2, 0) is 0 Å². The molecule has 0 atom stereocenters. The quantitative estimate of drug-likeness (QED) is 0.146. The van der Waals surface area contributed by atoms with Crippen LogP contribution in [0.5, 0.6) is 0 Å². The van der Waals surface area contributed by atoms with Gasteiger partial charge >= 0.3 is 0 Å². The van der Waals surface area contributed by atoms with E-state index in [2.05, 4.69) is 135 Å². The molecule has 4 rings (SSSR count). The van der Waals surface area contributed by atoms with Crippen LogP contribution >= 0.6 is 22.6 Å². The highest BCUT2D eigenvalue weighted by atomic mass is 127. The molecule has 0 spiro atoms. The minimum atomic E-state index is 0.981. The van der Waals surface area contributed by atoms with Crippen LogP contribution in [0.4, 0.5) is 17.1 Å². The summed E-state index contributed by atoms with van der Waals surface area (Å²) in [5, 5.41) is 4.80. The molecule has 5 heteroatoms. The van der Waals surface area contributed by atoms with E-state index in [4.69, 9.17) is 0 Å². The van der Waals surface area contributed by atoms with Gasteiger partial charge in [0.2, 0.25) is 0 Å². The van der Waals surface area contributed by atoms with Crippen LogP contribution in [0.3, 0.4) is 0 Å². The van der Waals surface area contributed by atoms with Crippen LogP contribution in [0.15, 0.2) is 91.1 Å². The summed E-state index contributed by atoms with van der Waals surface area (Å²) in [6.07, 6.45) is 5.35. The molecule has 1 heterocycles. The van der Waals surface area contributed by atoms with Crippen molar-refractivity contribution in [3.63, 3.8) is 0 Å². The Morgan fingerprint density at radius 3 is 2.15 bits per heavy atom. The van der Waals surface area contributed by atoms with Crippen molar-refractivity contribution in [3.8, 4) is 0 Å². The maximum absolute atomic E-state index is 4.49. The third-order valence-electron chi connectivity index (χ3n) is 6.04. The van der Waals surface area contributed by atoms with Gasteiger partial charge in [-0.25, -0.2) is 0 Å². The van der Waals surface area contributed by atoms with E-state index in [0.717, 1.165) is 44.5 Å². The van der Waals surface area contributed by atoms with E-state index in [1.54, 1.807) is 0 Å². The second-order valence-electron chi connectivity index (χ2n) is 8.63. The standard InChI is InChI=1S/C29H33IN4/c1-33(20-9-8-18-31-28-17-19-32-29-23-24(30)15-16-27(28)29)21-10-22-34(25-11-4-2-5-12-25)26-13-6-3-7-14-26/h2-7,11-17,19,23H,8-10,18,20-22H2,1H3,(H,31,32). The largest absolute Gasteiger partial charge is 0.384 e. The molecule has 0 saturated heterocycles. The minimum Gasteiger partial charge on any atom is -0.384 e. The summed E-state index contributed by atoms with van der Waals surface area (Å²) in [5.74, 6) is 0. The summed E-state index contributed by atoms with van der Waals surface area (Å²) in [7, 11) is 2.24. The predicted molar refractivity (Wildman–Crippen MR) is 154 cm³/mol. The molecule has 176 valence electrons. The van der Waals surface area contributed by atoms with Gasteiger partial charge in [0, 0.05) is 45.3 Å². The van der Waals surface area contributed by atoms with Gasteiger partial charge in [-0.1, -0.05) is 36.4 Å². The van der Waals surface area contributed by atoms with E-state index in [9.17, 15) is 0 Å². The number of pyridine rings is 1. The number of fused-ring (bicyclic) bond motifs is 1. The molecular weight excluding hydrogens is 531 g/mol. The van der Waals surface area contributed by atoms with Crippen molar-refractivity contribution < 1.29 is 0 Å². The molecule has 0 saturated carbocycles. The topological polar surface area (TPSA) is 31.4 Å². The zero-order valence-corrected chi connectivity index (χ0v) is 22.0. The SMILES string of the molecule is CN(CCCCNc1ccnc2cc(I)ccc12)CCCN(c1ccccc1)c1ccccc1. The fourth-order valence-electron chi connectivity index (χ4n) is 4.24. The Morgan fingerprint density at radius 2 is 1.44 bits per heavy atom. The molecule has 4 aromatic rings. The second-order valence-corrected chi connectivity index (χ2v) is 9.88. The summed E-state index contributed by atoms with van der Waals surface area (Å²) >= 11 is 2.34. The molecule has 0 fully saturated rings. The summed E-state index contributed by atoms with van der Waals surface area (Å²) in [6, 6.07) is 29.9. The number of aromatic nitrogens is 1. The molecule has 3 aromatic carbocycles. The van der Waals surface area contributed by atoms with Crippen molar-refractivity contribution in [1.82, 2.24) is 9.88 Å². The van der Waals surface area contributed by atoms with Crippen LogP contribution in [0, 0.1) is 3.57 Å². The number of unbranched alkanes of at least 4 members (excludes halogenated alkanes) is 1. The average molecular weight is 565 g/mol. The van der Waals surface area contributed by atoms with Gasteiger partial charge in [-0.2, -0.15) is 0 Å². The van der Waals surface area contributed by atoms with E-state index < -0.39 is 0 Å². The van der Waals surface area contributed by atoms with Crippen molar-refractivity contribution in [2.45, 2.75) is 19.3 Å². The lowest BCUT2D eigenvalue weighted by atomic mass is 10.2. The highest BCUT2D eigenvalue weighted by Gasteiger charge is 2.09. The molecule has 0 aliphatic carbocycles. The number of rotatable bonds is 12. The van der Waals surface area contributed by atoms with Gasteiger partial charge in [0.15, 0.2) is 0 Å². The zero-order valence-electron chi connectivity index (χ0n) is 19.8. The lowest BCUT2D eigenvalue weighted by molar-refractivity contribution is 0.324. The molecule has 1 N–H and O–H groups in total. The second kappa shape index (κ2) is 12.7. The average Bonchev–Trinajstić information content (AvgIpc) is 2.87. The number of hydrogen-bond donors (Lipinski definition) is 1. The number of benzene rings is 3. The Hall–Kier alpha value is -2.64. The zero-order chi connectivity index (χ0) is 23.6. The first kappa shape index (κ1) is 24.5. The Morgan fingerprint density at radius 1 is 0.765 bits per heavy atom. The lowest BCUT2D eigenvalue weighted by Crippen LogP contribution is -2.26. The van der Waals surface area contributed by atoms with Crippen molar-refractivity contribution in [2.24, 2.45) is 0 Å². The van der Waals surface area contributed by atoms with Crippen molar-refractivity contribution >= 4 is 50.6 Å². The first-order chi connectivity index (χ1) is 16.7. The number of nitrogens with zero attached hydrogens (tertiary/aromatic N) is 3. The highest BCUT2D eigenvalue weighted by Crippen LogP contribution is 2.25. The Balaban J connectivity index is 1.19. The maximum atomic E-state index is 4.49. The van der Waals surface area contributed by atoms with E-state index in [1.165, 1.54) is 32.4 Å². The molecule has 0 aliphatic heterocycles. The van der Waals surface area contributed by atoms with Gasteiger partial charge < -0.3 is 15.1 Å². The van der Waals surface area contributed by atoms with Crippen LogP contribution in [0.1, 0.15) is 19.3 Å².